The number of carboxylic acids is 1. The molecule has 0 fully saturated rings. The van der Waals surface area contributed by atoms with Crippen LogP contribution in [-0.4, -0.2) is 23.5 Å². The first-order chi connectivity index (χ1) is 9.78. The van der Waals surface area contributed by atoms with Crippen LogP contribution in [0.25, 0.3) is 6.08 Å². The van der Waals surface area contributed by atoms with Crippen molar-refractivity contribution in [3.63, 3.8) is 0 Å². The number of carbonyl (C=O) groups excluding carboxylic acids is 1. The third-order valence-corrected chi connectivity index (χ3v) is 4.06. The molecule has 1 aromatic rings. The van der Waals surface area contributed by atoms with Crippen molar-refractivity contribution < 1.29 is 14.7 Å². The monoisotopic (exact) mass is 329 g/mol. The predicted molar refractivity (Wildman–Crippen MR) is 84.5 cm³/mol. The van der Waals surface area contributed by atoms with Crippen molar-refractivity contribution in [1.82, 2.24) is 5.32 Å². The summed E-state index contributed by atoms with van der Waals surface area (Å²) in [5.41, 5.74) is -0.233. The molecule has 0 aliphatic heterocycles. The van der Waals surface area contributed by atoms with Crippen LogP contribution in [-0.2, 0) is 9.59 Å². The van der Waals surface area contributed by atoms with E-state index in [0.29, 0.717) is 16.5 Å². The number of carboxylic acid groups (broad SMARTS) is 1. The summed E-state index contributed by atoms with van der Waals surface area (Å²) < 4.78 is 0. The highest BCUT2D eigenvalue weighted by Crippen LogP contribution is 2.23. The van der Waals surface area contributed by atoms with E-state index in [1.807, 2.05) is 0 Å². The average Bonchev–Trinajstić information content (AvgIpc) is 2.45. The second-order valence-corrected chi connectivity index (χ2v) is 5.76. The minimum atomic E-state index is -0.965. The average molecular weight is 330 g/mol. The van der Waals surface area contributed by atoms with Crippen LogP contribution in [0.3, 0.4) is 0 Å². The molecule has 1 unspecified atom stereocenters. The highest BCUT2D eigenvalue weighted by Gasteiger charge is 2.31. The summed E-state index contributed by atoms with van der Waals surface area (Å²) in [4.78, 5) is 22.8. The Morgan fingerprint density at radius 2 is 2.00 bits per heavy atom. The summed E-state index contributed by atoms with van der Waals surface area (Å²) in [6.45, 7) is 3.44. The molecule has 1 rings (SSSR count). The van der Waals surface area contributed by atoms with Crippen molar-refractivity contribution >= 4 is 41.2 Å². The molecule has 0 saturated carbocycles. The van der Waals surface area contributed by atoms with Crippen LogP contribution >= 0.6 is 23.2 Å². The highest BCUT2D eigenvalue weighted by molar-refractivity contribution is 6.42. The fourth-order valence-corrected chi connectivity index (χ4v) is 1.79. The minimum Gasteiger partial charge on any atom is -0.481 e. The number of halogens is 2. The highest BCUT2D eigenvalue weighted by atomic mass is 35.5. The van der Waals surface area contributed by atoms with Gasteiger partial charge in [-0.3, -0.25) is 9.59 Å². The standard InChI is InChI=1S/C15H17Cl2NO3/c1-3-15(2,14(20)21)9-18-13(19)7-5-10-4-6-11(16)12(17)8-10/h4-8H,3,9H2,1-2H3,(H,18,19)(H,20,21)/b7-5+. The van der Waals surface area contributed by atoms with Crippen LogP contribution in [0.2, 0.25) is 10.0 Å². The van der Waals surface area contributed by atoms with Gasteiger partial charge in [0.2, 0.25) is 5.91 Å². The van der Waals surface area contributed by atoms with E-state index in [-0.39, 0.29) is 12.5 Å². The minimum absolute atomic E-state index is 0.0728. The van der Waals surface area contributed by atoms with Gasteiger partial charge in [0.1, 0.15) is 0 Å². The number of aliphatic carboxylic acids is 1. The second-order valence-electron chi connectivity index (χ2n) is 4.94. The Kier molecular flexibility index (Phi) is 6.24. The number of hydrogen-bond acceptors (Lipinski definition) is 2. The predicted octanol–water partition coefficient (Wildman–Crippen LogP) is 3.62. The van der Waals surface area contributed by atoms with Gasteiger partial charge in [-0.05, 0) is 37.1 Å². The fourth-order valence-electron chi connectivity index (χ4n) is 1.48. The quantitative estimate of drug-likeness (QED) is 0.783. The Balaban J connectivity index is 2.63. The maximum Gasteiger partial charge on any atom is 0.311 e. The van der Waals surface area contributed by atoms with Gasteiger partial charge in [0.05, 0.1) is 15.5 Å². The number of benzene rings is 1. The SMILES string of the molecule is CCC(C)(CNC(=O)/C=C/c1ccc(Cl)c(Cl)c1)C(=O)O. The van der Waals surface area contributed by atoms with Gasteiger partial charge in [0.25, 0.3) is 0 Å². The molecule has 0 aromatic heterocycles. The lowest BCUT2D eigenvalue weighted by Crippen LogP contribution is -2.40. The first kappa shape index (κ1) is 17.5. The summed E-state index contributed by atoms with van der Waals surface area (Å²) >= 11 is 11.7. The Hall–Kier alpha value is -1.52. The topological polar surface area (TPSA) is 66.4 Å². The zero-order chi connectivity index (χ0) is 16.0. The van der Waals surface area contributed by atoms with Gasteiger partial charge < -0.3 is 10.4 Å². The molecule has 2 N–H and O–H groups in total. The Morgan fingerprint density at radius 1 is 1.33 bits per heavy atom. The van der Waals surface area contributed by atoms with E-state index in [0.717, 1.165) is 5.56 Å². The summed E-state index contributed by atoms with van der Waals surface area (Å²) in [6.07, 6.45) is 3.35. The molecule has 4 nitrogen and oxygen atoms in total. The zero-order valence-corrected chi connectivity index (χ0v) is 13.3. The molecule has 1 atom stereocenters. The molecule has 1 aromatic carbocycles. The maximum absolute atomic E-state index is 11.7. The number of carbonyl (C=O) groups is 2. The Bertz CT molecular complexity index is 572. The van der Waals surface area contributed by atoms with Crippen LogP contribution in [0.1, 0.15) is 25.8 Å². The molecular formula is C15H17Cl2NO3. The number of rotatable bonds is 6. The number of nitrogens with one attached hydrogen (secondary N) is 1. The Labute approximate surface area is 133 Å². The molecule has 0 radical (unpaired) electrons. The molecule has 0 bridgehead atoms. The largest absolute Gasteiger partial charge is 0.481 e. The van der Waals surface area contributed by atoms with Gasteiger partial charge in [-0.15, -0.1) is 0 Å². The zero-order valence-electron chi connectivity index (χ0n) is 11.8. The third kappa shape index (κ3) is 5.06. The normalized spacial score (nSPS) is 13.9. The molecule has 6 heteroatoms. The number of hydrogen-bond donors (Lipinski definition) is 2. The second kappa shape index (κ2) is 7.48. The van der Waals surface area contributed by atoms with E-state index in [1.54, 1.807) is 38.1 Å². The smallest absolute Gasteiger partial charge is 0.311 e. The lowest BCUT2D eigenvalue weighted by Gasteiger charge is -2.22. The van der Waals surface area contributed by atoms with Gasteiger partial charge in [0.15, 0.2) is 0 Å². The van der Waals surface area contributed by atoms with E-state index >= 15 is 0 Å². The maximum atomic E-state index is 11.7. The molecule has 0 spiro atoms. The van der Waals surface area contributed by atoms with Crippen molar-refractivity contribution in [3.05, 3.63) is 39.9 Å². The van der Waals surface area contributed by atoms with E-state index < -0.39 is 11.4 Å². The van der Waals surface area contributed by atoms with E-state index in [1.165, 1.54) is 6.08 Å². The van der Waals surface area contributed by atoms with E-state index in [2.05, 4.69) is 5.32 Å². The lowest BCUT2D eigenvalue weighted by atomic mass is 9.88. The van der Waals surface area contributed by atoms with Crippen LogP contribution < -0.4 is 5.32 Å². The van der Waals surface area contributed by atoms with Gasteiger partial charge >= 0.3 is 5.97 Å². The molecule has 0 heterocycles. The van der Waals surface area contributed by atoms with Gasteiger partial charge in [-0.2, -0.15) is 0 Å². The summed E-state index contributed by atoms with van der Waals surface area (Å²) in [5, 5.41) is 12.5. The first-order valence-corrected chi connectivity index (χ1v) is 7.18. The molecule has 0 saturated heterocycles. The van der Waals surface area contributed by atoms with Gasteiger partial charge in [-0.25, -0.2) is 0 Å². The summed E-state index contributed by atoms with van der Waals surface area (Å²) in [6, 6.07) is 5.01. The molecule has 0 aliphatic carbocycles. The molecule has 1 amide bonds. The van der Waals surface area contributed by atoms with Crippen LogP contribution in [0.4, 0.5) is 0 Å². The van der Waals surface area contributed by atoms with Crippen molar-refractivity contribution in [2.45, 2.75) is 20.3 Å². The van der Waals surface area contributed by atoms with Crippen LogP contribution in [0.5, 0.6) is 0 Å². The van der Waals surface area contributed by atoms with Gasteiger partial charge in [0, 0.05) is 12.6 Å². The van der Waals surface area contributed by atoms with Gasteiger partial charge in [-0.1, -0.05) is 36.2 Å². The first-order valence-electron chi connectivity index (χ1n) is 6.43. The molecule has 0 aliphatic rings. The van der Waals surface area contributed by atoms with Crippen molar-refractivity contribution in [2.75, 3.05) is 6.54 Å². The van der Waals surface area contributed by atoms with Crippen LogP contribution in [0, 0.1) is 5.41 Å². The van der Waals surface area contributed by atoms with E-state index in [4.69, 9.17) is 28.3 Å². The van der Waals surface area contributed by atoms with Crippen LogP contribution in [0.15, 0.2) is 24.3 Å². The molecule has 114 valence electrons. The number of amides is 1. The van der Waals surface area contributed by atoms with Crippen molar-refractivity contribution in [2.24, 2.45) is 5.41 Å². The Morgan fingerprint density at radius 3 is 2.52 bits per heavy atom. The summed E-state index contributed by atoms with van der Waals surface area (Å²) in [7, 11) is 0. The lowest BCUT2D eigenvalue weighted by molar-refractivity contribution is -0.148. The molecule has 21 heavy (non-hydrogen) atoms. The fraction of sp³-hybridized carbons (Fsp3) is 0.333. The molecular weight excluding hydrogens is 313 g/mol. The van der Waals surface area contributed by atoms with E-state index in [9.17, 15) is 9.59 Å². The van der Waals surface area contributed by atoms with Crippen molar-refractivity contribution in [1.29, 1.82) is 0 Å². The third-order valence-electron chi connectivity index (χ3n) is 3.32. The van der Waals surface area contributed by atoms with Crippen molar-refractivity contribution in [3.8, 4) is 0 Å². The summed E-state index contributed by atoms with van der Waals surface area (Å²) in [5.74, 6) is -1.29.